The van der Waals surface area contributed by atoms with Gasteiger partial charge >= 0.3 is 24.0 Å². The maximum atomic E-state index is 15.3. The molecular weight excluding hydrogens is 534 g/mol. The number of hydrogen-bond acceptors (Lipinski definition) is 2. The second kappa shape index (κ2) is 8.46. The monoisotopic (exact) mass is 546 g/mol. The van der Waals surface area contributed by atoms with E-state index in [0.29, 0.717) is 43.0 Å². The van der Waals surface area contributed by atoms with Crippen molar-refractivity contribution in [2.45, 2.75) is 18.4 Å². The van der Waals surface area contributed by atoms with E-state index in [2.05, 4.69) is 9.97 Å². The third-order valence-corrected chi connectivity index (χ3v) is 5.98. The first-order chi connectivity index (χ1) is 17.7. The lowest BCUT2D eigenvalue weighted by atomic mass is 9.92. The van der Waals surface area contributed by atoms with Gasteiger partial charge in [0.2, 0.25) is 0 Å². The van der Waals surface area contributed by atoms with Crippen molar-refractivity contribution in [1.29, 1.82) is 0 Å². The highest BCUT2D eigenvalue weighted by Gasteiger charge is 2.46. The Labute approximate surface area is 206 Å². The van der Waals surface area contributed by atoms with Gasteiger partial charge in [-0.05, 0) is 22.1 Å². The molecule has 1 atom stereocenters. The van der Waals surface area contributed by atoms with Crippen LogP contribution in [-0.2, 0) is 19.4 Å². The van der Waals surface area contributed by atoms with E-state index < -0.39 is 81.1 Å². The quantitative estimate of drug-likeness (QED) is 0.218. The minimum absolute atomic E-state index is 0.310. The Morgan fingerprint density at radius 3 is 1.58 bits per heavy atom. The van der Waals surface area contributed by atoms with Gasteiger partial charge in [-0.3, -0.25) is 0 Å². The zero-order valence-corrected chi connectivity index (χ0v) is 18.8. The molecule has 0 unspecified atom stereocenters. The fourth-order valence-electron chi connectivity index (χ4n) is 4.45. The van der Waals surface area contributed by atoms with E-state index >= 15 is 4.39 Å². The molecule has 14 heteroatoms. The van der Waals surface area contributed by atoms with Crippen LogP contribution in [0.5, 0.6) is 0 Å². The van der Waals surface area contributed by atoms with Crippen LogP contribution in [0.2, 0.25) is 0 Å². The molecule has 1 aliphatic rings. The smallest absolute Gasteiger partial charge is 0.232 e. The van der Waals surface area contributed by atoms with E-state index in [1.165, 1.54) is 0 Å². The second-order valence-corrected chi connectivity index (χ2v) is 8.45. The van der Waals surface area contributed by atoms with Crippen molar-refractivity contribution >= 4 is 0 Å². The molecule has 0 radical (unpaired) electrons. The van der Waals surface area contributed by atoms with Crippen molar-refractivity contribution in [3.05, 3.63) is 94.6 Å². The lowest BCUT2D eigenvalue weighted by Crippen LogP contribution is -2.41. The molecule has 0 saturated carbocycles. The van der Waals surface area contributed by atoms with Gasteiger partial charge in [0.05, 0.1) is 7.05 Å². The Morgan fingerprint density at radius 1 is 0.658 bits per heavy atom. The predicted molar refractivity (Wildman–Crippen MR) is 108 cm³/mol. The summed E-state index contributed by atoms with van der Waals surface area (Å²) in [5, 5.41) is 0. The molecule has 2 aromatic heterocycles. The van der Waals surface area contributed by atoms with Crippen LogP contribution in [0.1, 0.15) is 28.3 Å². The van der Waals surface area contributed by atoms with E-state index in [-0.39, 0.29) is 5.56 Å². The Kier molecular flexibility index (Phi) is 5.69. The van der Waals surface area contributed by atoms with Crippen LogP contribution >= 0.6 is 0 Å². The molecule has 0 bridgehead atoms. The van der Waals surface area contributed by atoms with Crippen molar-refractivity contribution < 1.29 is 53.0 Å². The van der Waals surface area contributed by atoms with Gasteiger partial charge in [-0.2, -0.15) is 26.3 Å². The zero-order valence-electron chi connectivity index (χ0n) is 18.8. The first-order valence-electron chi connectivity index (χ1n) is 10.6. The van der Waals surface area contributed by atoms with Crippen molar-refractivity contribution in [2.24, 2.45) is 7.05 Å². The van der Waals surface area contributed by atoms with Crippen LogP contribution in [0.15, 0.2) is 49.1 Å². The molecule has 3 heterocycles. The first kappa shape index (κ1) is 25.5. The number of rotatable bonds is 2. The highest BCUT2D eigenvalue weighted by atomic mass is 19.4. The molecule has 2 aromatic carbocycles. The molecule has 196 valence electrons. The average molecular weight is 546 g/mol. The lowest BCUT2D eigenvalue weighted by molar-refractivity contribution is -0.692. The average Bonchev–Trinajstić information content (AvgIpc) is 3.11. The van der Waals surface area contributed by atoms with Crippen LogP contribution in [0, 0.1) is 23.3 Å². The number of hydrogen-bond donors (Lipinski definition) is 0. The number of fused-ring (bicyclic) bond motifs is 3. The Morgan fingerprint density at radius 2 is 1.11 bits per heavy atom. The summed E-state index contributed by atoms with van der Waals surface area (Å²) < 4.78 is 140. The van der Waals surface area contributed by atoms with E-state index in [1.54, 1.807) is 0 Å². The zero-order chi connectivity index (χ0) is 27.7. The highest BCUT2D eigenvalue weighted by Crippen LogP contribution is 2.43. The summed E-state index contributed by atoms with van der Waals surface area (Å²) in [7, 11) is 1.09. The van der Waals surface area contributed by atoms with E-state index in [9.17, 15) is 39.5 Å². The number of aryl methyl sites for hydroxylation is 1. The van der Waals surface area contributed by atoms with E-state index in [4.69, 9.17) is 0 Å². The van der Waals surface area contributed by atoms with E-state index in [0.717, 1.165) is 22.2 Å². The normalized spacial score (nSPS) is 15.0. The highest BCUT2D eigenvalue weighted by molar-refractivity contribution is 5.68. The largest absolute Gasteiger partial charge is 0.423 e. The number of aromatic nitrogens is 4. The van der Waals surface area contributed by atoms with Crippen LogP contribution in [0.4, 0.5) is 43.9 Å². The van der Waals surface area contributed by atoms with Crippen LogP contribution in [0.25, 0.3) is 22.8 Å². The SMILES string of the molecule is C[n+]1cc(C(F)(F)F)cnc1-c1c(F)cc(F)cc1[C@H]1c2cc(F)cc(F)c2-c2ncc(C(F)(F)F)c[n+]21. The Hall–Kier alpha value is -4.10. The Bertz CT molecular complexity index is 1610. The van der Waals surface area contributed by atoms with Crippen molar-refractivity contribution in [1.82, 2.24) is 9.97 Å². The molecular formula is C24H12F10N4+2. The van der Waals surface area contributed by atoms with Gasteiger partial charge in [0, 0.05) is 23.3 Å². The second-order valence-electron chi connectivity index (χ2n) is 8.45. The van der Waals surface area contributed by atoms with Gasteiger partial charge in [-0.15, -0.1) is 0 Å². The third-order valence-electron chi connectivity index (χ3n) is 5.98. The molecule has 4 aromatic rings. The van der Waals surface area contributed by atoms with Gasteiger partial charge < -0.3 is 0 Å². The summed E-state index contributed by atoms with van der Waals surface area (Å²) >= 11 is 0. The molecule has 38 heavy (non-hydrogen) atoms. The maximum Gasteiger partial charge on any atom is 0.423 e. The standard InChI is InChI=1S/C24H12F10N4/c1-37-8-10(23(29,30)31)6-35-21(37)18-14(2-12(25)4-16(18)27)20-15-3-13(26)5-17(28)19(15)22-36-7-11(9-38(20)22)24(32,33)34/h2-9,20H,1H3/q+2/t20-/m0/s1. The molecule has 0 saturated heterocycles. The molecule has 0 aliphatic carbocycles. The summed E-state index contributed by atoms with van der Waals surface area (Å²) in [4.78, 5) is 7.35. The minimum atomic E-state index is -4.92. The molecule has 0 fully saturated rings. The molecule has 5 rings (SSSR count). The number of benzene rings is 2. The van der Waals surface area contributed by atoms with Gasteiger partial charge in [-0.1, -0.05) is 0 Å². The summed E-state index contributed by atoms with van der Waals surface area (Å²) in [5.74, 6) is -5.71. The molecule has 1 aliphatic heterocycles. The minimum Gasteiger partial charge on any atom is -0.232 e. The fourth-order valence-corrected chi connectivity index (χ4v) is 4.45. The molecule has 0 spiro atoms. The van der Waals surface area contributed by atoms with Crippen LogP contribution in [-0.4, -0.2) is 9.97 Å². The van der Waals surface area contributed by atoms with E-state index in [1.807, 2.05) is 0 Å². The number of halogens is 10. The van der Waals surface area contributed by atoms with Crippen molar-refractivity contribution in [2.75, 3.05) is 0 Å². The fraction of sp³-hybridized carbons (Fsp3) is 0.167. The third kappa shape index (κ3) is 4.13. The Balaban J connectivity index is 1.84. The van der Waals surface area contributed by atoms with Crippen LogP contribution in [0.3, 0.4) is 0 Å². The summed E-state index contributed by atoms with van der Waals surface area (Å²) in [5.41, 5.74) is -4.26. The maximum absolute atomic E-state index is 15.3. The summed E-state index contributed by atoms with van der Waals surface area (Å²) in [6, 6.07) is 0.685. The first-order valence-corrected chi connectivity index (χ1v) is 10.6. The van der Waals surface area contributed by atoms with Crippen molar-refractivity contribution in [3.8, 4) is 22.8 Å². The van der Waals surface area contributed by atoms with Crippen molar-refractivity contribution in [3.63, 3.8) is 0 Å². The number of alkyl halides is 6. The summed E-state index contributed by atoms with van der Waals surface area (Å²) in [6.07, 6.45) is -7.80. The topological polar surface area (TPSA) is 33.5 Å². The lowest BCUT2D eigenvalue weighted by Gasteiger charge is -2.17. The van der Waals surface area contributed by atoms with Gasteiger partial charge in [-0.25, -0.2) is 26.7 Å². The van der Waals surface area contributed by atoms with Crippen LogP contribution < -0.4 is 9.13 Å². The predicted octanol–water partition coefficient (Wildman–Crippen LogP) is 5.47. The summed E-state index contributed by atoms with van der Waals surface area (Å²) in [6.45, 7) is 0. The molecule has 0 N–H and O–H groups in total. The van der Waals surface area contributed by atoms with Gasteiger partial charge in [0.1, 0.15) is 57.9 Å². The number of nitrogens with zero attached hydrogens (tertiary/aromatic N) is 4. The van der Waals surface area contributed by atoms with Gasteiger partial charge in [0.15, 0.2) is 18.4 Å². The molecule has 4 nitrogen and oxygen atoms in total. The van der Waals surface area contributed by atoms with Gasteiger partial charge in [0.25, 0.3) is 0 Å². The molecule has 0 amide bonds.